The van der Waals surface area contributed by atoms with Gasteiger partial charge in [-0.25, -0.2) is 8.42 Å². The summed E-state index contributed by atoms with van der Waals surface area (Å²) < 4.78 is 27.0. The Balaban J connectivity index is 2.05. The largest absolute Gasteiger partial charge is 0.354 e. The van der Waals surface area contributed by atoms with Crippen molar-refractivity contribution in [3.8, 4) is 0 Å². The van der Waals surface area contributed by atoms with Crippen LogP contribution in [0.3, 0.4) is 0 Å². The lowest BCUT2D eigenvalue weighted by Crippen LogP contribution is -2.53. The summed E-state index contributed by atoms with van der Waals surface area (Å²) in [6.45, 7) is 5.94. The van der Waals surface area contributed by atoms with Crippen LogP contribution < -0.4 is 9.62 Å². The van der Waals surface area contributed by atoms with Crippen LogP contribution in [0.15, 0.2) is 78.9 Å². The van der Waals surface area contributed by atoms with Gasteiger partial charge in [-0.15, -0.1) is 0 Å². The molecule has 0 aliphatic heterocycles. The summed E-state index contributed by atoms with van der Waals surface area (Å²) in [7, 11) is -3.79. The number of nitrogens with one attached hydrogen (secondary N) is 1. The van der Waals surface area contributed by atoms with E-state index < -0.39 is 28.5 Å². The Hall–Kier alpha value is -3.65. The second kappa shape index (κ2) is 13.2. The number of hydrogen-bond acceptors (Lipinski definition) is 4. The molecule has 7 nitrogen and oxygen atoms in total. The topological polar surface area (TPSA) is 86.8 Å². The van der Waals surface area contributed by atoms with Crippen LogP contribution in [0.4, 0.5) is 5.69 Å². The van der Waals surface area contributed by atoms with Crippen LogP contribution in [0.2, 0.25) is 0 Å². The first kappa shape index (κ1) is 28.9. The average molecular weight is 536 g/mol. The third-order valence-corrected chi connectivity index (χ3v) is 7.67. The summed E-state index contributed by atoms with van der Waals surface area (Å²) in [5.41, 5.74) is 3.91. The molecule has 1 atom stereocenters. The number of carbonyl (C=O) groups excluding carboxylic acids is 2. The molecule has 3 aromatic rings. The molecule has 0 bridgehead atoms. The van der Waals surface area contributed by atoms with Crippen LogP contribution in [-0.2, 0) is 32.6 Å². The summed E-state index contributed by atoms with van der Waals surface area (Å²) in [5, 5.41) is 2.94. The lowest BCUT2D eigenvalue weighted by atomic mass is 10.0. The van der Waals surface area contributed by atoms with Crippen LogP contribution in [0, 0.1) is 13.8 Å². The molecule has 0 aromatic heterocycles. The molecule has 2 amide bonds. The predicted molar refractivity (Wildman–Crippen MR) is 152 cm³/mol. The molecular weight excluding hydrogens is 498 g/mol. The van der Waals surface area contributed by atoms with Crippen molar-refractivity contribution >= 4 is 27.5 Å². The summed E-state index contributed by atoms with van der Waals surface area (Å²) in [6, 6.07) is 23.5. The zero-order chi connectivity index (χ0) is 27.7. The SMILES string of the molecule is CCCNC(=O)C(Cc1ccccc1)N(Cc1ccccc1)C(=O)CN(c1cccc(C)c1C)S(C)(=O)=O. The summed E-state index contributed by atoms with van der Waals surface area (Å²) in [6.07, 6.45) is 2.15. The van der Waals surface area contributed by atoms with Gasteiger partial charge in [0.1, 0.15) is 12.6 Å². The Morgan fingerprint density at radius 3 is 2.05 bits per heavy atom. The molecule has 8 heteroatoms. The maximum atomic E-state index is 14.0. The molecule has 1 N–H and O–H groups in total. The Morgan fingerprint density at radius 2 is 1.47 bits per heavy atom. The molecule has 38 heavy (non-hydrogen) atoms. The first-order valence-electron chi connectivity index (χ1n) is 12.8. The molecule has 0 saturated heterocycles. The molecule has 0 aliphatic carbocycles. The van der Waals surface area contributed by atoms with E-state index >= 15 is 0 Å². The molecule has 0 heterocycles. The minimum atomic E-state index is -3.79. The van der Waals surface area contributed by atoms with Crippen LogP contribution in [-0.4, -0.2) is 50.5 Å². The summed E-state index contributed by atoms with van der Waals surface area (Å²) in [5.74, 6) is -0.717. The highest BCUT2D eigenvalue weighted by Crippen LogP contribution is 2.26. The zero-order valence-electron chi connectivity index (χ0n) is 22.6. The maximum Gasteiger partial charge on any atom is 0.244 e. The number of anilines is 1. The fraction of sp³-hybridized carbons (Fsp3) is 0.333. The van der Waals surface area contributed by atoms with Gasteiger partial charge in [-0.2, -0.15) is 0 Å². The zero-order valence-corrected chi connectivity index (χ0v) is 23.4. The predicted octanol–water partition coefficient (Wildman–Crippen LogP) is 4.24. The minimum Gasteiger partial charge on any atom is -0.354 e. The molecule has 3 aromatic carbocycles. The molecule has 1 unspecified atom stereocenters. The number of hydrogen-bond donors (Lipinski definition) is 1. The lowest BCUT2D eigenvalue weighted by molar-refractivity contribution is -0.140. The van der Waals surface area contributed by atoms with Crippen molar-refractivity contribution < 1.29 is 18.0 Å². The van der Waals surface area contributed by atoms with E-state index in [1.54, 1.807) is 12.1 Å². The Bertz CT molecular complexity index is 1330. The molecular formula is C30H37N3O4S. The molecule has 0 spiro atoms. The van der Waals surface area contributed by atoms with Crippen LogP contribution in [0.25, 0.3) is 0 Å². The summed E-state index contributed by atoms with van der Waals surface area (Å²) in [4.78, 5) is 29.0. The first-order valence-corrected chi connectivity index (χ1v) is 14.7. The van der Waals surface area contributed by atoms with Crippen molar-refractivity contribution in [1.29, 1.82) is 0 Å². The highest BCUT2D eigenvalue weighted by Gasteiger charge is 2.33. The van der Waals surface area contributed by atoms with E-state index in [0.29, 0.717) is 18.7 Å². The van der Waals surface area contributed by atoms with Gasteiger partial charge >= 0.3 is 0 Å². The van der Waals surface area contributed by atoms with Gasteiger partial charge in [0.25, 0.3) is 0 Å². The van der Waals surface area contributed by atoms with Crippen molar-refractivity contribution in [2.24, 2.45) is 0 Å². The van der Waals surface area contributed by atoms with E-state index in [1.165, 1.54) is 4.90 Å². The van der Waals surface area contributed by atoms with E-state index in [9.17, 15) is 18.0 Å². The monoisotopic (exact) mass is 535 g/mol. The molecule has 0 saturated carbocycles. The van der Waals surface area contributed by atoms with Crippen molar-refractivity contribution in [3.63, 3.8) is 0 Å². The fourth-order valence-corrected chi connectivity index (χ4v) is 5.20. The number of rotatable bonds is 12. The number of nitrogens with zero attached hydrogens (tertiary/aromatic N) is 2. The van der Waals surface area contributed by atoms with Crippen molar-refractivity contribution in [1.82, 2.24) is 10.2 Å². The summed E-state index contributed by atoms with van der Waals surface area (Å²) >= 11 is 0. The number of benzene rings is 3. The lowest BCUT2D eigenvalue weighted by Gasteiger charge is -2.34. The number of carbonyl (C=O) groups is 2. The average Bonchev–Trinajstić information content (AvgIpc) is 2.90. The molecule has 202 valence electrons. The van der Waals surface area contributed by atoms with Gasteiger partial charge in [-0.1, -0.05) is 79.7 Å². The van der Waals surface area contributed by atoms with Crippen LogP contribution in [0.5, 0.6) is 0 Å². The van der Waals surface area contributed by atoms with E-state index in [4.69, 9.17) is 0 Å². The van der Waals surface area contributed by atoms with Gasteiger partial charge < -0.3 is 10.2 Å². The quantitative estimate of drug-likeness (QED) is 0.376. The van der Waals surface area contributed by atoms with Crippen LogP contribution in [0.1, 0.15) is 35.6 Å². The molecule has 0 radical (unpaired) electrons. The molecule has 0 fully saturated rings. The third kappa shape index (κ3) is 7.68. The normalized spacial score (nSPS) is 12.0. The highest BCUT2D eigenvalue weighted by molar-refractivity contribution is 7.92. The van der Waals surface area contributed by atoms with Crippen molar-refractivity contribution in [3.05, 3.63) is 101 Å². The van der Waals surface area contributed by atoms with Gasteiger partial charge in [0.05, 0.1) is 11.9 Å². The molecule has 0 aliphatic rings. The Labute approximate surface area is 226 Å². The maximum absolute atomic E-state index is 14.0. The highest BCUT2D eigenvalue weighted by atomic mass is 32.2. The van der Waals surface area contributed by atoms with Crippen molar-refractivity contribution in [2.75, 3.05) is 23.7 Å². The minimum absolute atomic E-state index is 0.168. The van der Waals surface area contributed by atoms with E-state index in [2.05, 4.69) is 5.32 Å². The fourth-order valence-electron chi connectivity index (χ4n) is 4.30. The van der Waals surface area contributed by atoms with Crippen molar-refractivity contribution in [2.45, 2.75) is 46.2 Å². The third-order valence-electron chi connectivity index (χ3n) is 6.54. The van der Waals surface area contributed by atoms with Crippen LogP contribution >= 0.6 is 0 Å². The Morgan fingerprint density at radius 1 is 0.868 bits per heavy atom. The Kier molecular flexibility index (Phi) is 10.1. The second-order valence-corrected chi connectivity index (χ2v) is 11.4. The first-order chi connectivity index (χ1) is 18.1. The van der Waals surface area contributed by atoms with E-state index in [-0.39, 0.29) is 12.5 Å². The molecule has 3 rings (SSSR count). The van der Waals surface area contributed by atoms with Gasteiger partial charge in [0.2, 0.25) is 21.8 Å². The van der Waals surface area contributed by atoms with Gasteiger partial charge in [-0.05, 0) is 48.6 Å². The number of aryl methyl sites for hydroxylation is 1. The van der Waals surface area contributed by atoms with E-state index in [1.807, 2.05) is 87.5 Å². The standard InChI is InChI=1S/C30H37N3O4S/c1-5-19-31-30(35)28(20-25-14-8-6-9-15-25)32(21-26-16-10-7-11-17-26)29(34)22-33(38(4,36)37)27-18-12-13-23(2)24(27)3/h6-18,28H,5,19-22H2,1-4H3,(H,31,35). The number of amides is 2. The van der Waals surface area contributed by atoms with Gasteiger partial charge in [-0.3, -0.25) is 13.9 Å². The number of sulfonamides is 1. The smallest absolute Gasteiger partial charge is 0.244 e. The van der Waals surface area contributed by atoms with E-state index in [0.717, 1.165) is 39.2 Å². The van der Waals surface area contributed by atoms with Gasteiger partial charge in [0.15, 0.2) is 0 Å². The van der Waals surface area contributed by atoms with Gasteiger partial charge in [0, 0.05) is 19.5 Å². The second-order valence-electron chi connectivity index (χ2n) is 9.49.